The highest BCUT2D eigenvalue weighted by atomic mass is 35.5. The molecule has 2 aromatic rings. The van der Waals surface area contributed by atoms with Crippen LogP contribution >= 0.6 is 22.9 Å². The van der Waals surface area contributed by atoms with Crippen LogP contribution in [0.4, 0.5) is 5.69 Å². The van der Waals surface area contributed by atoms with E-state index in [1.54, 1.807) is 23.6 Å². The van der Waals surface area contributed by atoms with Crippen LogP contribution < -0.4 is 5.32 Å². The van der Waals surface area contributed by atoms with E-state index in [-0.39, 0.29) is 11.7 Å². The molecule has 0 spiro atoms. The van der Waals surface area contributed by atoms with Crippen molar-refractivity contribution in [2.45, 2.75) is 25.9 Å². The Morgan fingerprint density at radius 1 is 1.55 bits per heavy atom. The molecule has 20 heavy (non-hydrogen) atoms. The topological polar surface area (TPSA) is 68.1 Å². The van der Waals surface area contributed by atoms with E-state index in [4.69, 9.17) is 11.6 Å². The van der Waals surface area contributed by atoms with Gasteiger partial charge in [-0.15, -0.1) is 11.3 Å². The van der Waals surface area contributed by atoms with E-state index >= 15 is 0 Å². The van der Waals surface area contributed by atoms with Crippen molar-refractivity contribution in [2.24, 2.45) is 0 Å². The molecule has 0 bridgehead atoms. The van der Waals surface area contributed by atoms with Crippen molar-refractivity contribution in [3.05, 3.63) is 55.5 Å². The van der Waals surface area contributed by atoms with Crippen molar-refractivity contribution >= 4 is 28.6 Å². The van der Waals surface area contributed by atoms with Gasteiger partial charge in [0.15, 0.2) is 0 Å². The minimum absolute atomic E-state index is 0.0795. The molecule has 0 saturated carbocycles. The maximum atomic E-state index is 11.0. The Hall–Kier alpha value is -1.50. The molecule has 7 heteroatoms. The normalized spacial score (nSPS) is 12.3. The minimum Gasteiger partial charge on any atom is -0.304 e. The lowest BCUT2D eigenvalue weighted by molar-refractivity contribution is -0.385. The van der Waals surface area contributed by atoms with Crippen LogP contribution in [0.15, 0.2) is 29.8 Å². The molecular weight excluding hydrogens is 298 g/mol. The van der Waals surface area contributed by atoms with Crippen LogP contribution in [-0.4, -0.2) is 9.91 Å². The summed E-state index contributed by atoms with van der Waals surface area (Å²) in [4.78, 5) is 14.9. The number of hydrogen-bond donors (Lipinski definition) is 1. The average molecular weight is 312 g/mol. The number of halogens is 1. The van der Waals surface area contributed by atoms with Gasteiger partial charge in [0.2, 0.25) is 0 Å². The summed E-state index contributed by atoms with van der Waals surface area (Å²) in [6.45, 7) is 2.43. The van der Waals surface area contributed by atoms with Crippen molar-refractivity contribution < 1.29 is 4.92 Å². The zero-order valence-corrected chi connectivity index (χ0v) is 12.4. The van der Waals surface area contributed by atoms with Crippen LogP contribution in [-0.2, 0) is 6.54 Å². The van der Waals surface area contributed by atoms with E-state index in [2.05, 4.69) is 10.3 Å². The Morgan fingerprint density at radius 2 is 2.35 bits per heavy atom. The second-order valence-electron chi connectivity index (χ2n) is 4.24. The van der Waals surface area contributed by atoms with Gasteiger partial charge < -0.3 is 5.32 Å². The number of hydrogen-bond acceptors (Lipinski definition) is 5. The molecule has 0 saturated heterocycles. The number of thiazole rings is 1. The number of benzene rings is 1. The number of nitro groups is 1. The van der Waals surface area contributed by atoms with Gasteiger partial charge in [0.1, 0.15) is 5.01 Å². The van der Waals surface area contributed by atoms with Crippen LogP contribution in [0.2, 0.25) is 5.02 Å². The molecule has 1 heterocycles. The summed E-state index contributed by atoms with van der Waals surface area (Å²) in [5.41, 5.74) is 0.661. The predicted octanol–water partition coefficient (Wildman–Crippen LogP) is 3.95. The Morgan fingerprint density at radius 3 is 2.95 bits per heavy atom. The standard InChI is InChI=1S/C13H14ClN3O2S/c1-2-11(13-15-5-6-20-13)16-8-9-7-10(14)3-4-12(9)17(18)19/h3-7,11,16H,2,8H2,1H3. The van der Waals surface area contributed by atoms with E-state index < -0.39 is 4.92 Å². The number of nitrogens with zero attached hydrogens (tertiary/aromatic N) is 2. The van der Waals surface area contributed by atoms with Crippen molar-refractivity contribution in [1.29, 1.82) is 0 Å². The van der Waals surface area contributed by atoms with Gasteiger partial charge in [-0.05, 0) is 18.6 Å². The van der Waals surface area contributed by atoms with E-state index in [1.165, 1.54) is 12.1 Å². The number of nitro benzene ring substituents is 1. The zero-order chi connectivity index (χ0) is 14.5. The second-order valence-corrected chi connectivity index (χ2v) is 5.60. The van der Waals surface area contributed by atoms with E-state index in [9.17, 15) is 10.1 Å². The maximum Gasteiger partial charge on any atom is 0.273 e. The second kappa shape index (κ2) is 6.78. The summed E-state index contributed by atoms with van der Waals surface area (Å²) in [5, 5.41) is 17.7. The van der Waals surface area contributed by atoms with Gasteiger partial charge in [0.25, 0.3) is 5.69 Å². The molecule has 0 fully saturated rings. The maximum absolute atomic E-state index is 11.0. The first kappa shape index (κ1) is 14.9. The Kier molecular flexibility index (Phi) is 5.05. The van der Waals surface area contributed by atoms with Crippen LogP contribution in [0.1, 0.15) is 30.0 Å². The van der Waals surface area contributed by atoms with Gasteiger partial charge in [0, 0.05) is 34.8 Å². The largest absolute Gasteiger partial charge is 0.304 e. The lowest BCUT2D eigenvalue weighted by Gasteiger charge is -2.14. The molecule has 1 N–H and O–H groups in total. The Bertz CT molecular complexity index is 589. The number of aromatic nitrogens is 1. The van der Waals surface area contributed by atoms with Crippen molar-refractivity contribution in [1.82, 2.24) is 10.3 Å². The number of nitrogens with one attached hydrogen (secondary N) is 1. The van der Waals surface area contributed by atoms with E-state index in [0.717, 1.165) is 11.4 Å². The third-order valence-electron chi connectivity index (χ3n) is 2.93. The zero-order valence-electron chi connectivity index (χ0n) is 10.9. The molecule has 0 radical (unpaired) electrons. The van der Waals surface area contributed by atoms with E-state index in [0.29, 0.717) is 17.1 Å². The smallest absolute Gasteiger partial charge is 0.273 e. The molecule has 1 aromatic heterocycles. The van der Waals surface area contributed by atoms with Crippen LogP contribution in [0.25, 0.3) is 0 Å². The fraction of sp³-hybridized carbons (Fsp3) is 0.308. The highest BCUT2D eigenvalue weighted by Gasteiger charge is 2.16. The summed E-state index contributed by atoms with van der Waals surface area (Å²) in [6, 6.07) is 4.68. The van der Waals surface area contributed by atoms with Gasteiger partial charge in [-0.2, -0.15) is 0 Å². The fourth-order valence-electron chi connectivity index (χ4n) is 1.92. The van der Waals surface area contributed by atoms with Crippen molar-refractivity contribution in [3.63, 3.8) is 0 Å². The van der Waals surface area contributed by atoms with Crippen molar-refractivity contribution in [2.75, 3.05) is 0 Å². The van der Waals surface area contributed by atoms with Gasteiger partial charge in [-0.25, -0.2) is 4.98 Å². The van der Waals surface area contributed by atoms with E-state index in [1.807, 2.05) is 12.3 Å². The molecule has 1 atom stereocenters. The molecule has 1 aromatic carbocycles. The summed E-state index contributed by atoms with van der Waals surface area (Å²) in [7, 11) is 0. The Labute approximate surface area is 125 Å². The molecule has 0 amide bonds. The first-order valence-electron chi connectivity index (χ1n) is 6.17. The van der Waals surface area contributed by atoms with Gasteiger partial charge in [-0.3, -0.25) is 10.1 Å². The SMILES string of the molecule is CCC(NCc1cc(Cl)ccc1[N+](=O)[O-])c1nccs1. The molecule has 2 rings (SSSR count). The third kappa shape index (κ3) is 3.53. The third-order valence-corrected chi connectivity index (χ3v) is 4.06. The molecule has 0 aliphatic rings. The molecule has 0 aliphatic carbocycles. The van der Waals surface area contributed by atoms with Crippen LogP contribution in [0.5, 0.6) is 0 Å². The first-order chi connectivity index (χ1) is 9.61. The van der Waals surface area contributed by atoms with Crippen LogP contribution in [0.3, 0.4) is 0 Å². The highest BCUT2D eigenvalue weighted by Crippen LogP contribution is 2.25. The predicted molar refractivity (Wildman–Crippen MR) is 80.1 cm³/mol. The minimum atomic E-state index is -0.391. The highest BCUT2D eigenvalue weighted by molar-refractivity contribution is 7.09. The Balaban J connectivity index is 2.13. The quantitative estimate of drug-likeness (QED) is 0.648. The average Bonchev–Trinajstić information content (AvgIpc) is 2.93. The summed E-state index contributed by atoms with van der Waals surface area (Å²) in [5.74, 6) is 0. The number of rotatable bonds is 6. The van der Waals surface area contributed by atoms with Crippen molar-refractivity contribution in [3.8, 4) is 0 Å². The summed E-state index contributed by atoms with van der Waals surface area (Å²) in [6.07, 6.45) is 2.62. The molecular formula is C13H14ClN3O2S. The fourth-order valence-corrected chi connectivity index (χ4v) is 2.91. The lowest BCUT2D eigenvalue weighted by atomic mass is 10.1. The summed E-state index contributed by atoms with van der Waals surface area (Å²) >= 11 is 7.48. The molecule has 5 nitrogen and oxygen atoms in total. The lowest BCUT2D eigenvalue weighted by Crippen LogP contribution is -2.20. The van der Waals surface area contributed by atoms with Gasteiger partial charge in [0.05, 0.1) is 11.0 Å². The summed E-state index contributed by atoms with van der Waals surface area (Å²) < 4.78 is 0. The van der Waals surface area contributed by atoms with Gasteiger partial charge in [-0.1, -0.05) is 18.5 Å². The molecule has 0 aliphatic heterocycles. The van der Waals surface area contributed by atoms with Gasteiger partial charge >= 0.3 is 0 Å². The monoisotopic (exact) mass is 311 g/mol. The van der Waals surface area contributed by atoms with Crippen LogP contribution in [0, 0.1) is 10.1 Å². The first-order valence-corrected chi connectivity index (χ1v) is 7.43. The molecule has 106 valence electrons. The molecule has 1 unspecified atom stereocenters.